The van der Waals surface area contributed by atoms with E-state index in [4.69, 9.17) is 4.42 Å². The molecule has 0 radical (unpaired) electrons. The molecule has 5 heteroatoms. The molecule has 1 atom stereocenters. The van der Waals surface area contributed by atoms with E-state index in [1.165, 1.54) is 0 Å². The highest BCUT2D eigenvalue weighted by molar-refractivity contribution is 5.34. The predicted molar refractivity (Wildman–Crippen MR) is 81.3 cm³/mol. The van der Waals surface area contributed by atoms with Crippen molar-refractivity contribution in [2.45, 2.75) is 32.7 Å². The van der Waals surface area contributed by atoms with Crippen molar-refractivity contribution in [3.63, 3.8) is 0 Å². The molecule has 0 saturated carbocycles. The first-order chi connectivity index (χ1) is 10.1. The molecule has 1 aromatic heterocycles. The minimum atomic E-state index is -0.378. The van der Waals surface area contributed by atoms with Crippen LogP contribution in [0.3, 0.4) is 0 Å². The van der Waals surface area contributed by atoms with Crippen LogP contribution in [0.5, 0.6) is 0 Å². The summed E-state index contributed by atoms with van der Waals surface area (Å²) < 4.78 is 5.38. The van der Waals surface area contributed by atoms with Crippen LogP contribution in [-0.2, 0) is 6.42 Å². The van der Waals surface area contributed by atoms with Gasteiger partial charge in [-0.25, -0.2) is 0 Å². The van der Waals surface area contributed by atoms with Crippen molar-refractivity contribution in [3.8, 4) is 0 Å². The molecule has 21 heavy (non-hydrogen) atoms. The summed E-state index contributed by atoms with van der Waals surface area (Å²) in [7, 11) is 0. The van der Waals surface area contributed by atoms with Crippen molar-refractivity contribution in [2.75, 3.05) is 6.54 Å². The van der Waals surface area contributed by atoms with Crippen molar-refractivity contribution < 1.29 is 9.34 Å². The third-order valence-corrected chi connectivity index (χ3v) is 3.50. The van der Waals surface area contributed by atoms with E-state index >= 15 is 0 Å². The van der Waals surface area contributed by atoms with E-state index in [0.29, 0.717) is 0 Å². The molecule has 0 aliphatic rings. The van der Waals surface area contributed by atoms with E-state index in [0.717, 1.165) is 36.3 Å². The van der Waals surface area contributed by atoms with Crippen molar-refractivity contribution in [2.24, 2.45) is 0 Å². The Morgan fingerprint density at radius 3 is 2.52 bits per heavy atom. The second-order valence-corrected chi connectivity index (χ2v) is 5.07. The van der Waals surface area contributed by atoms with E-state index in [-0.39, 0.29) is 16.7 Å². The lowest BCUT2D eigenvalue weighted by Crippen LogP contribution is -2.24. The number of benzene rings is 1. The molecule has 112 valence electrons. The second kappa shape index (κ2) is 7.04. The Kier molecular flexibility index (Phi) is 5.11. The number of nitro groups is 1. The Hall–Kier alpha value is -2.14. The summed E-state index contributed by atoms with van der Waals surface area (Å²) in [5.41, 5.74) is 2.33. The number of rotatable bonds is 7. The molecule has 1 N–H and O–H groups in total. The van der Waals surface area contributed by atoms with Gasteiger partial charge in [-0.1, -0.05) is 19.1 Å². The van der Waals surface area contributed by atoms with Gasteiger partial charge < -0.3 is 9.73 Å². The van der Waals surface area contributed by atoms with Gasteiger partial charge in [0.25, 0.3) is 5.69 Å². The lowest BCUT2D eigenvalue weighted by atomic mass is 9.99. The number of nitro benzene ring substituents is 1. The van der Waals surface area contributed by atoms with E-state index < -0.39 is 0 Å². The molecule has 5 nitrogen and oxygen atoms in total. The van der Waals surface area contributed by atoms with Gasteiger partial charge in [-0.15, -0.1) is 0 Å². The molecule has 0 bridgehead atoms. The first-order valence-electron chi connectivity index (χ1n) is 7.12. The Morgan fingerprint density at radius 2 is 2.00 bits per heavy atom. The highest BCUT2D eigenvalue weighted by Crippen LogP contribution is 2.23. The zero-order valence-corrected chi connectivity index (χ0v) is 12.3. The molecule has 0 amide bonds. The van der Waals surface area contributed by atoms with Crippen LogP contribution in [0.2, 0.25) is 0 Å². The summed E-state index contributed by atoms with van der Waals surface area (Å²) in [6.45, 7) is 4.99. The number of nitrogens with zero attached hydrogens (tertiary/aromatic N) is 1. The minimum Gasteiger partial charge on any atom is -0.469 e. The van der Waals surface area contributed by atoms with Crippen LogP contribution in [0.25, 0.3) is 0 Å². The van der Waals surface area contributed by atoms with Gasteiger partial charge in [0.15, 0.2) is 0 Å². The lowest BCUT2D eigenvalue weighted by molar-refractivity contribution is -0.384. The molecular weight excluding hydrogens is 268 g/mol. The fourth-order valence-electron chi connectivity index (χ4n) is 2.36. The third-order valence-electron chi connectivity index (χ3n) is 3.50. The van der Waals surface area contributed by atoms with Crippen LogP contribution in [0.1, 0.15) is 36.3 Å². The number of hydrogen-bond donors (Lipinski definition) is 1. The predicted octanol–water partition coefficient (Wildman–Crippen LogP) is 3.78. The number of aryl methyl sites for hydroxylation is 1. The summed E-state index contributed by atoms with van der Waals surface area (Å²) >= 11 is 0. The zero-order valence-electron chi connectivity index (χ0n) is 12.3. The summed E-state index contributed by atoms with van der Waals surface area (Å²) in [5, 5.41) is 14.2. The molecule has 0 fully saturated rings. The van der Waals surface area contributed by atoms with Crippen LogP contribution in [0, 0.1) is 17.0 Å². The SMILES string of the molecule is CCCNC(Cc1ccc([N+](=O)[O-])cc1)c1ccoc1C. The fourth-order valence-corrected chi connectivity index (χ4v) is 2.36. The molecule has 1 aromatic carbocycles. The van der Waals surface area contributed by atoms with Crippen LogP contribution in [0.4, 0.5) is 5.69 Å². The van der Waals surface area contributed by atoms with Crippen LogP contribution in [0.15, 0.2) is 41.0 Å². The molecule has 0 saturated heterocycles. The monoisotopic (exact) mass is 288 g/mol. The molecule has 0 aliphatic heterocycles. The molecule has 2 aromatic rings. The summed E-state index contributed by atoms with van der Waals surface area (Å²) in [6.07, 6.45) is 3.52. The third kappa shape index (κ3) is 3.92. The Morgan fingerprint density at radius 1 is 1.29 bits per heavy atom. The minimum absolute atomic E-state index is 0.122. The van der Waals surface area contributed by atoms with Gasteiger partial charge in [0.2, 0.25) is 0 Å². The summed E-state index contributed by atoms with van der Waals surface area (Å²) in [6, 6.07) is 8.87. The van der Waals surface area contributed by atoms with E-state index in [1.54, 1.807) is 18.4 Å². The largest absolute Gasteiger partial charge is 0.469 e. The maximum atomic E-state index is 10.7. The molecule has 2 rings (SSSR count). The normalized spacial score (nSPS) is 12.3. The van der Waals surface area contributed by atoms with Crippen LogP contribution < -0.4 is 5.32 Å². The Balaban J connectivity index is 2.14. The van der Waals surface area contributed by atoms with Gasteiger partial charge >= 0.3 is 0 Å². The maximum Gasteiger partial charge on any atom is 0.269 e. The van der Waals surface area contributed by atoms with Gasteiger partial charge in [0.1, 0.15) is 5.76 Å². The van der Waals surface area contributed by atoms with Crippen LogP contribution >= 0.6 is 0 Å². The zero-order chi connectivity index (χ0) is 15.2. The number of nitrogens with one attached hydrogen (secondary N) is 1. The van der Waals surface area contributed by atoms with Crippen molar-refractivity contribution >= 4 is 5.69 Å². The second-order valence-electron chi connectivity index (χ2n) is 5.07. The van der Waals surface area contributed by atoms with Crippen molar-refractivity contribution in [3.05, 3.63) is 63.6 Å². The highest BCUT2D eigenvalue weighted by Gasteiger charge is 2.16. The van der Waals surface area contributed by atoms with Gasteiger partial charge in [-0.3, -0.25) is 10.1 Å². The topological polar surface area (TPSA) is 68.3 Å². The van der Waals surface area contributed by atoms with Gasteiger partial charge in [-0.2, -0.15) is 0 Å². The lowest BCUT2D eigenvalue weighted by Gasteiger charge is -2.18. The standard InChI is InChI=1S/C16H20N2O3/c1-3-9-17-16(15-8-10-21-12(15)2)11-13-4-6-14(7-5-13)18(19)20/h4-8,10,16-17H,3,9,11H2,1-2H3. The fraction of sp³-hybridized carbons (Fsp3) is 0.375. The quantitative estimate of drug-likeness (QED) is 0.622. The Bertz CT molecular complexity index is 590. The summed E-state index contributed by atoms with van der Waals surface area (Å²) in [5.74, 6) is 0.908. The number of non-ortho nitro benzene ring substituents is 1. The number of hydrogen-bond acceptors (Lipinski definition) is 4. The van der Waals surface area contributed by atoms with Crippen LogP contribution in [-0.4, -0.2) is 11.5 Å². The molecule has 1 heterocycles. The molecule has 0 spiro atoms. The first-order valence-corrected chi connectivity index (χ1v) is 7.12. The smallest absolute Gasteiger partial charge is 0.269 e. The van der Waals surface area contributed by atoms with Crippen molar-refractivity contribution in [1.82, 2.24) is 5.32 Å². The molecule has 1 unspecified atom stereocenters. The first kappa shape index (κ1) is 15.3. The average molecular weight is 288 g/mol. The van der Waals surface area contributed by atoms with Gasteiger partial charge in [0.05, 0.1) is 11.2 Å². The average Bonchev–Trinajstić information content (AvgIpc) is 2.90. The maximum absolute atomic E-state index is 10.7. The van der Waals surface area contributed by atoms with Gasteiger partial charge in [0, 0.05) is 23.7 Å². The highest BCUT2D eigenvalue weighted by atomic mass is 16.6. The van der Waals surface area contributed by atoms with Gasteiger partial charge in [-0.05, 0) is 37.9 Å². The Labute approximate surface area is 124 Å². The summed E-state index contributed by atoms with van der Waals surface area (Å²) in [4.78, 5) is 10.3. The van der Waals surface area contributed by atoms with E-state index in [2.05, 4.69) is 12.2 Å². The van der Waals surface area contributed by atoms with Crippen molar-refractivity contribution in [1.29, 1.82) is 0 Å². The van der Waals surface area contributed by atoms with E-state index in [1.807, 2.05) is 25.1 Å². The molecule has 0 aliphatic carbocycles. The molecular formula is C16H20N2O3. The van der Waals surface area contributed by atoms with E-state index in [9.17, 15) is 10.1 Å². The number of furan rings is 1.